The number of tetrazole rings is 1. The lowest BCUT2D eigenvalue weighted by Gasteiger charge is -2.14. The van der Waals surface area contributed by atoms with Crippen molar-refractivity contribution in [2.24, 2.45) is 0 Å². The second-order valence-electron chi connectivity index (χ2n) is 5.89. The van der Waals surface area contributed by atoms with Crippen molar-refractivity contribution >= 4 is 11.8 Å². The quantitative estimate of drug-likeness (QED) is 0.912. The lowest BCUT2D eigenvalue weighted by atomic mass is 9.97. The van der Waals surface area contributed by atoms with E-state index in [1.165, 1.54) is 0 Å². The van der Waals surface area contributed by atoms with Gasteiger partial charge in [0.1, 0.15) is 6.10 Å². The van der Waals surface area contributed by atoms with E-state index in [-0.39, 0.29) is 17.6 Å². The van der Waals surface area contributed by atoms with Gasteiger partial charge in [-0.2, -0.15) is 10.5 Å². The third-order valence-electron chi connectivity index (χ3n) is 4.37. The highest BCUT2D eigenvalue weighted by molar-refractivity contribution is 5.89. The number of anilines is 1. The first-order chi connectivity index (χ1) is 11.2. The lowest BCUT2D eigenvalue weighted by Crippen LogP contribution is -2.25. The van der Waals surface area contributed by atoms with Crippen molar-refractivity contribution in [3.8, 4) is 6.07 Å². The summed E-state index contributed by atoms with van der Waals surface area (Å²) in [5.41, 5.74) is 1.47. The molecule has 0 radical (unpaired) electrons. The van der Waals surface area contributed by atoms with Gasteiger partial charge in [0.15, 0.2) is 5.82 Å². The zero-order valence-corrected chi connectivity index (χ0v) is 12.3. The third-order valence-corrected chi connectivity index (χ3v) is 4.37. The van der Waals surface area contributed by atoms with Crippen LogP contribution < -0.4 is 4.90 Å². The van der Waals surface area contributed by atoms with Gasteiger partial charge in [-0.1, -0.05) is 17.3 Å². The lowest BCUT2D eigenvalue weighted by molar-refractivity contribution is 0.140. The van der Waals surface area contributed by atoms with Gasteiger partial charge < -0.3 is 4.74 Å². The molecule has 2 aromatic rings. The first kappa shape index (κ1) is 13.7. The van der Waals surface area contributed by atoms with Gasteiger partial charge in [0, 0.05) is 5.69 Å². The summed E-state index contributed by atoms with van der Waals surface area (Å²) in [4.78, 5) is 13.6. The van der Waals surface area contributed by atoms with Crippen LogP contribution in [0.15, 0.2) is 24.3 Å². The SMILES string of the molecule is N#CC1(c2ccc(N3C[C@@H](Cc4nn[nH]n4)OC3=O)cc2)CC1. The molecule has 4 rings (SSSR count). The fourth-order valence-electron chi connectivity index (χ4n) is 2.86. The van der Waals surface area contributed by atoms with Gasteiger partial charge in [0.05, 0.1) is 24.4 Å². The fourth-order valence-corrected chi connectivity index (χ4v) is 2.86. The molecule has 1 aromatic carbocycles. The standard InChI is InChI=1S/C15H14N6O2/c16-9-15(5-6-15)10-1-3-11(4-2-10)21-8-12(23-14(21)22)7-13-17-19-20-18-13/h1-4,12H,5-8H2,(H,17,18,19,20)/t12-/m1/s1. The minimum Gasteiger partial charge on any atom is -0.443 e. The topological polar surface area (TPSA) is 108 Å². The Kier molecular flexibility index (Phi) is 3.01. The van der Waals surface area contributed by atoms with Crippen LogP contribution in [0.4, 0.5) is 10.5 Å². The van der Waals surface area contributed by atoms with Crippen LogP contribution in [-0.4, -0.2) is 39.4 Å². The van der Waals surface area contributed by atoms with E-state index in [0.717, 1.165) is 24.1 Å². The van der Waals surface area contributed by atoms with Gasteiger partial charge in [0.2, 0.25) is 0 Å². The van der Waals surface area contributed by atoms with Crippen LogP contribution in [0.25, 0.3) is 0 Å². The average Bonchev–Trinajstić information content (AvgIpc) is 3.05. The van der Waals surface area contributed by atoms with E-state index in [9.17, 15) is 10.1 Å². The fraction of sp³-hybridized carbons (Fsp3) is 0.400. The third kappa shape index (κ3) is 2.40. The summed E-state index contributed by atoms with van der Waals surface area (Å²) in [5, 5.41) is 22.8. The maximum Gasteiger partial charge on any atom is 0.414 e. The molecule has 1 aliphatic carbocycles. The molecule has 0 spiro atoms. The van der Waals surface area contributed by atoms with Crippen LogP contribution in [0.5, 0.6) is 0 Å². The first-order valence-corrected chi connectivity index (χ1v) is 7.42. The molecule has 1 saturated heterocycles. The minimum absolute atomic E-state index is 0.298. The summed E-state index contributed by atoms with van der Waals surface area (Å²) in [6.45, 7) is 0.441. The molecule has 2 aliphatic rings. The van der Waals surface area contributed by atoms with Gasteiger partial charge in [-0.05, 0) is 30.5 Å². The molecule has 2 fully saturated rings. The van der Waals surface area contributed by atoms with Crippen LogP contribution in [0.1, 0.15) is 24.2 Å². The zero-order chi connectivity index (χ0) is 15.9. The second kappa shape index (κ2) is 5.05. The molecule has 8 heteroatoms. The van der Waals surface area contributed by atoms with E-state index in [2.05, 4.69) is 26.7 Å². The molecule has 1 amide bonds. The monoisotopic (exact) mass is 310 g/mol. The van der Waals surface area contributed by atoms with Gasteiger partial charge >= 0.3 is 6.09 Å². The zero-order valence-electron chi connectivity index (χ0n) is 12.3. The number of amides is 1. The number of benzene rings is 1. The van der Waals surface area contributed by atoms with Crippen molar-refractivity contribution < 1.29 is 9.53 Å². The van der Waals surface area contributed by atoms with Gasteiger partial charge in [-0.25, -0.2) is 4.79 Å². The normalized spacial score (nSPS) is 21.8. The number of rotatable bonds is 4. The summed E-state index contributed by atoms with van der Waals surface area (Å²) in [6, 6.07) is 9.95. The van der Waals surface area contributed by atoms with Crippen LogP contribution in [0, 0.1) is 11.3 Å². The number of nitriles is 1. The second-order valence-corrected chi connectivity index (χ2v) is 5.89. The van der Waals surface area contributed by atoms with E-state index < -0.39 is 0 Å². The molecule has 1 aromatic heterocycles. The number of ether oxygens (including phenoxy) is 1. The Morgan fingerprint density at radius 1 is 1.39 bits per heavy atom. The maximum absolute atomic E-state index is 12.1. The molecular weight excluding hydrogens is 296 g/mol. The Morgan fingerprint density at radius 2 is 2.17 bits per heavy atom. The highest BCUT2D eigenvalue weighted by Gasteiger charge is 2.45. The number of hydrogen-bond acceptors (Lipinski definition) is 6. The Hall–Kier alpha value is -2.95. The van der Waals surface area contributed by atoms with Gasteiger partial charge in [0.25, 0.3) is 0 Å². The highest BCUT2D eigenvalue weighted by Crippen LogP contribution is 2.47. The van der Waals surface area contributed by atoms with E-state index in [0.29, 0.717) is 18.8 Å². The van der Waals surface area contributed by atoms with Crippen molar-refractivity contribution in [1.82, 2.24) is 20.6 Å². The number of carbonyl (C=O) groups excluding carboxylic acids is 1. The number of aromatic amines is 1. The summed E-state index contributed by atoms with van der Waals surface area (Å²) < 4.78 is 5.35. The molecule has 116 valence electrons. The molecule has 1 aliphatic heterocycles. The van der Waals surface area contributed by atoms with E-state index >= 15 is 0 Å². The van der Waals surface area contributed by atoms with Crippen molar-refractivity contribution in [3.63, 3.8) is 0 Å². The van der Waals surface area contributed by atoms with Gasteiger partial charge in [-0.3, -0.25) is 4.90 Å². The van der Waals surface area contributed by atoms with Crippen molar-refractivity contribution in [2.45, 2.75) is 30.8 Å². The number of nitrogens with zero attached hydrogens (tertiary/aromatic N) is 5. The summed E-state index contributed by atoms with van der Waals surface area (Å²) >= 11 is 0. The number of carbonyl (C=O) groups is 1. The highest BCUT2D eigenvalue weighted by atomic mass is 16.6. The number of nitrogens with one attached hydrogen (secondary N) is 1. The summed E-state index contributed by atoms with van der Waals surface area (Å²) in [6.07, 6.45) is 1.55. The van der Waals surface area contributed by atoms with Crippen LogP contribution >= 0.6 is 0 Å². The maximum atomic E-state index is 12.1. The molecule has 2 heterocycles. The Bertz CT molecular complexity index is 760. The number of aromatic nitrogens is 4. The van der Waals surface area contributed by atoms with Crippen molar-refractivity contribution in [1.29, 1.82) is 5.26 Å². The first-order valence-electron chi connectivity index (χ1n) is 7.42. The van der Waals surface area contributed by atoms with Crippen LogP contribution in [0.2, 0.25) is 0 Å². The molecule has 0 bridgehead atoms. The number of cyclic esters (lactones) is 1. The Labute approximate surface area is 132 Å². The van der Waals surface area contributed by atoms with Crippen LogP contribution in [-0.2, 0) is 16.6 Å². The largest absolute Gasteiger partial charge is 0.443 e. The summed E-state index contributed by atoms with van der Waals surface area (Å²) in [7, 11) is 0. The smallest absolute Gasteiger partial charge is 0.414 e. The van der Waals surface area contributed by atoms with E-state index in [4.69, 9.17) is 4.74 Å². The summed E-state index contributed by atoms with van der Waals surface area (Å²) in [5.74, 6) is 0.518. The molecule has 1 atom stereocenters. The van der Waals surface area contributed by atoms with Crippen LogP contribution in [0.3, 0.4) is 0 Å². The van der Waals surface area contributed by atoms with E-state index in [1.807, 2.05) is 24.3 Å². The number of H-pyrrole nitrogens is 1. The molecule has 1 N–H and O–H groups in total. The van der Waals surface area contributed by atoms with E-state index in [1.54, 1.807) is 4.90 Å². The Balaban J connectivity index is 1.48. The molecular formula is C15H14N6O2. The van der Waals surface area contributed by atoms with Crippen molar-refractivity contribution in [2.75, 3.05) is 11.4 Å². The average molecular weight is 310 g/mol. The predicted molar refractivity (Wildman–Crippen MR) is 78.5 cm³/mol. The van der Waals surface area contributed by atoms with Gasteiger partial charge in [-0.15, -0.1) is 10.2 Å². The molecule has 23 heavy (non-hydrogen) atoms. The molecule has 1 saturated carbocycles. The molecule has 8 nitrogen and oxygen atoms in total. The van der Waals surface area contributed by atoms with Crippen molar-refractivity contribution in [3.05, 3.63) is 35.7 Å². The number of hydrogen-bond donors (Lipinski definition) is 1. The Morgan fingerprint density at radius 3 is 2.78 bits per heavy atom. The molecule has 0 unspecified atom stereocenters. The predicted octanol–water partition coefficient (Wildman–Crippen LogP) is 1.32. The minimum atomic E-state index is -0.382.